The molecule has 1 aromatic rings. The van der Waals surface area contributed by atoms with Crippen molar-refractivity contribution < 1.29 is 4.57 Å². The second-order valence-electron chi connectivity index (χ2n) is 3.26. The second kappa shape index (κ2) is 3.91. The molecule has 1 nitrogen and oxygen atoms in total. The van der Waals surface area contributed by atoms with Gasteiger partial charge in [-0.15, -0.1) is 5.73 Å². The quantitative estimate of drug-likeness (QED) is 0.487. The van der Waals surface area contributed by atoms with Gasteiger partial charge in [-0.3, -0.25) is 0 Å². The first kappa shape index (κ1) is 8.74. The predicted molar refractivity (Wildman–Crippen MR) is 57.4 cm³/mol. The summed E-state index contributed by atoms with van der Waals surface area (Å²) in [5, 5.41) is 0. The van der Waals surface area contributed by atoms with Crippen LogP contribution in [0.25, 0.3) is 6.08 Å². The molecule has 0 spiro atoms. The summed E-state index contributed by atoms with van der Waals surface area (Å²) in [7, 11) is 2.01. The fourth-order valence-electron chi connectivity index (χ4n) is 1.26. The largest absolute Gasteiger partial charge is 0.208 e. The number of hydrogen-bond acceptors (Lipinski definition) is 0. The Morgan fingerprint density at radius 3 is 2.64 bits per heavy atom. The van der Waals surface area contributed by atoms with E-state index in [-0.39, 0.29) is 0 Å². The van der Waals surface area contributed by atoms with Crippen molar-refractivity contribution in [1.29, 1.82) is 0 Å². The number of nitrogens with zero attached hydrogens (tertiary/aromatic N) is 1. The third kappa shape index (κ3) is 2.09. The number of rotatable bonds is 2. The molecular formula is C13H12N+. The number of pyridine rings is 1. The van der Waals surface area contributed by atoms with E-state index in [1.807, 2.05) is 42.2 Å². The van der Waals surface area contributed by atoms with Gasteiger partial charge < -0.3 is 0 Å². The molecule has 0 aromatic carbocycles. The molecule has 0 radical (unpaired) electrons. The maximum absolute atomic E-state index is 3.13. The minimum absolute atomic E-state index is 1.12. The van der Waals surface area contributed by atoms with Crippen LogP contribution in [-0.2, 0) is 7.05 Å². The first-order valence-electron chi connectivity index (χ1n) is 4.61. The topological polar surface area (TPSA) is 3.88 Å². The molecule has 1 heterocycles. The molecule has 68 valence electrons. The van der Waals surface area contributed by atoms with E-state index in [0.717, 1.165) is 5.57 Å². The lowest BCUT2D eigenvalue weighted by molar-refractivity contribution is -0.671. The van der Waals surface area contributed by atoms with Crippen LogP contribution in [-0.4, -0.2) is 0 Å². The molecular weight excluding hydrogens is 170 g/mol. The molecule has 1 heteroatoms. The van der Waals surface area contributed by atoms with Gasteiger partial charge in [-0.2, -0.15) is 0 Å². The summed E-state index contributed by atoms with van der Waals surface area (Å²) in [5.41, 5.74) is 5.46. The molecule has 0 saturated carbocycles. The fourth-order valence-corrected chi connectivity index (χ4v) is 1.26. The molecule has 0 amide bonds. The Bertz CT molecular complexity index is 441. The van der Waals surface area contributed by atoms with E-state index >= 15 is 0 Å². The summed E-state index contributed by atoms with van der Waals surface area (Å²) in [6, 6.07) is 4.17. The van der Waals surface area contributed by atoms with Gasteiger partial charge >= 0.3 is 0 Å². The van der Waals surface area contributed by atoms with Crippen LogP contribution in [0.3, 0.4) is 0 Å². The molecule has 2 rings (SSSR count). The van der Waals surface area contributed by atoms with E-state index in [9.17, 15) is 0 Å². The van der Waals surface area contributed by atoms with Gasteiger partial charge in [0.25, 0.3) is 0 Å². The Morgan fingerprint density at radius 1 is 1.21 bits per heavy atom. The zero-order valence-electron chi connectivity index (χ0n) is 8.14. The number of hydrogen-bond donors (Lipinski definition) is 0. The summed E-state index contributed by atoms with van der Waals surface area (Å²) in [6.45, 7) is 0. The molecule has 1 aromatic heterocycles. The summed E-state index contributed by atoms with van der Waals surface area (Å²) >= 11 is 0. The molecule has 0 saturated heterocycles. The third-order valence-corrected chi connectivity index (χ3v) is 2.08. The smallest absolute Gasteiger partial charge is 0.169 e. The van der Waals surface area contributed by atoms with Crippen molar-refractivity contribution in [3.63, 3.8) is 0 Å². The van der Waals surface area contributed by atoms with Gasteiger partial charge in [0.2, 0.25) is 0 Å². The highest BCUT2D eigenvalue weighted by Crippen LogP contribution is 2.06. The van der Waals surface area contributed by atoms with Crippen LogP contribution in [0.1, 0.15) is 5.56 Å². The van der Waals surface area contributed by atoms with Gasteiger partial charge in [0.1, 0.15) is 7.05 Å². The van der Waals surface area contributed by atoms with E-state index in [1.54, 1.807) is 0 Å². The van der Waals surface area contributed by atoms with Crippen molar-refractivity contribution in [1.82, 2.24) is 0 Å². The van der Waals surface area contributed by atoms with Crippen LogP contribution in [0.15, 0.2) is 60.1 Å². The van der Waals surface area contributed by atoms with Crippen LogP contribution in [0.2, 0.25) is 0 Å². The Labute approximate surface area is 84.0 Å². The summed E-state index contributed by atoms with van der Waals surface area (Å²) < 4.78 is 2.02. The second-order valence-corrected chi connectivity index (χ2v) is 3.26. The highest BCUT2D eigenvalue weighted by atomic mass is 14.9. The summed E-state index contributed by atoms with van der Waals surface area (Å²) in [4.78, 5) is 0. The molecule has 0 fully saturated rings. The van der Waals surface area contributed by atoms with Gasteiger partial charge in [-0.1, -0.05) is 12.2 Å². The molecule has 0 atom stereocenters. The molecule has 0 unspecified atom stereocenters. The van der Waals surface area contributed by atoms with Crippen molar-refractivity contribution in [3.8, 4) is 0 Å². The maximum atomic E-state index is 3.13. The highest BCUT2D eigenvalue weighted by Gasteiger charge is 1.92. The van der Waals surface area contributed by atoms with Gasteiger partial charge in [0, 0.05) is 17.7 Å². The molecule has 0 bridgehead atoms. The van der Waals surface area contributed by atoms with Crippen LogP contribution >= 0.6 is 0 Å². The minimum Gasteiger partial charge on any atom is -0.208 e. The first-order chi connectivity index (χ1) is 6.84. The lowest BCUT2D eigenvalue weighted by atomic mass is 10.2. The van der Waals surface area contributed by atoms with E-state index in [4.69, 9.17) is 0 Å². The normalized spacial score (nSPS) is 13.9. The lowest BCUT2D eigenvalue weighted by Gasteiger charge is -1.90. The number of aromatic nitrogens is 1. The highest BCUT2D eigenvalue weighted by molar-refractivity contribution is 5.54. The van der Waals surface area contributed by atoms with Gasteiger partial charge in [0.15, 0.2) is 12.4 Å². The number of allylic oxidation sites excluding steroid dienone is 4. The standard InChI is InChI=1S/C13H12N/c1-14-10-8-13(9-11-14)7-6-12-4-2-3-5-12/h2-4,6-11H,1H3/q+1/b7-6+. The average Bonchev–Trinajstić information content (AvgIpc) is 2.70. The zero-order chi connectivity index (χ0) is 9.80. The Morgan fingerprint density at radius 2 is 2.00 bits per heavy atom. The van der Waals surface area contributed by atoms with Crippen LogP contribution in [0.4, 0.5) is 0 Å². The Kier molecular flexibility index (Phi) is 2.44. The first-order valence-corrected chi connectivity index (χ1v) is 4.61. The van der Waals surface area contributed by atoms with Crippen molar-refractivity contribution in [2.75, 3.05) is 0 Å². The molecule has 0 N–H and O–H groups in total. The van der Waals surface area contributed by atoms with Crippen molar-refractivity contribution in [2.45, 2.75) is 0 Å². The summed E-state index contributed by atoms with van der Waals surface area (Å²) in [5.74, 6) is 0. The Balaban J connectivity index is 2.14. The molecule has 14 heavy (non-hydrogen) atoms. The van der Waals surface area contributed by atoms with E-state index in [2.05, 4.69) is 30.0 Å². The minimum atomic E-state index is 1.12. The van der Waals surface area contributed by atoms with Crippen LogP contribution in [0, 0.1) is 0 Å². The van der Waals surface area contributed by atoms with Crippen molar-refractivity contribution in [2.24, 2.45) is 7.05 Å². The lowest BCUT2D eigenvalue weighted by Crippen LogP contribution is -2.25. The monoisotopic (exact) mass is 182 g/mol. The van der Waals surface area contributed by atoms with Crippen molar-refractivity contribution in [3.05, 3.63) is 65.7 Å². The summed E-state index contributed by atoms with van der Waals surface area (Å²) in [6.07, 6.45) is 14.2. The number of aryl methyl sites for hydroxylation is 1. The van der Waals surface area contributed by atoms with Crippen LogP contribution in [0.5, 0.6) is 0 Å². The third-order valence-electron chi connectivity index (χ3n) is 2.08. The van der Waals surface area contributed by atoms with Gasteiger partial charge in [0.05, 0.1) is 0 Å². The molecule has 1 aliphatic carbocycles. The molecule has 1 aliphatic rings. The average molecular weight is 182 g/mol. The van der Waals surface area contributed by atoms with E-state index < -0.39 is 0 Å². The predicted octanol–water partition coefficient (Wildman–Crippen LogP) is 2.18. The van der Waals surface area contributed by atoms with Crippen LogP contribution < -0.4 is 4.57 Å². The fraction of sp³-hybridized carbons (Fsp3) is 0.0769. The van der Waals surface area contributed by atoms with E-state index in [0.29, 0.717) is 0 Å². The zero-order valence-corrected chi connectivity index (χ0v) is 8.14. The van der Waals surface area contributed by atoms with Gasteiger partial charge in [-0.05, 0) is 23.8 Å². The van der Waals surface area contributed by atoms with Gasteiger partial charge in [-0.25, -0.2) is 4.57 Å². The maximum Gasteiger partial charge on any atom is 0.169 e. The SMILES string of the molecule is C[n+]1ccc(/C=C/C2=C=CC=C2)cc1. The molecule has 0 aliphatic heterocycles. The van der Waals surface area contributed by atoms with Crippen molar-refractivity contribution >= 4 is 6.08 Å². The Hall–Kier alpha value is -1.85. The van der Waals surface area contributed by atoms with E-state index in [1.165, 1.54) is 5.56 Å².